The van der Waals surface area contributed by atoms with Crippen molar-refractivity contribution in [2.24, 2.45) is 5.73 Å². The fraction of sp³-hybridized carbons (Fsp3) is 0.529. The molecule has 18 heavy (non-hydrogen) atoms. The first-order chi connectivity index (χ1) is 8.71. The molecule has 1 aromatic rings. The third kappa shape index (κ3) is 4.66. The van der Waals surface area contributed by atoms with E-state index in [-0.39, 0.29) is 0 Å². The van der Waals surface area contributed by atoms with E-state index in [9.17, 15) is 0 Å². The Labute approximate surface area is 112 Å². The van der Waals surface area contributed by atoms with Crippen LogP contribution in [0, 0.1) is 0 Å². The molecule has 0 saturated heterocycles. The summed E-state index contributed by atoms with van der Waals surface area (Å²) in [5, 5.41) is 0. The Bertz CT molecular complexity index is 373. The molecule has 0 aliphatic carbocycles. The molecular formula is C17H27N. The average molecular weight is 245 g/mol. The Morgan fingerprint density at radius 1 is 1.06 bits per heavy atom. The van der Waals surface area contributed by atoms with Gasteiger partial charge in [0.25, 0.3) is 0 Å². The second kappa shape index (κ2) is 8.10. The van der Waals surface area contributed by atoms with Gasteiger partial charge in [0, 0.05) is 0 Å². The molecule has 0 spiro atoms. The van der Waals surface area contributed by atoms with Crippen LogP contribution in [0.4, 0.5) is 0 Å². The molecule has 1 heteroatoms. The minimum Gasteiger partial charge on any atom is -0.330 e. The molecule has 0 bridgehead atoms. The SMILES string of the molecule is CC/C(C)=C(/CCCN)Cc1ccc(CC)cc1. The fourth-order valence-corrected chi connectivity index (χ4v) is 2.16. The van der Waals surface area contributed by atoms with Gasteiger partial charge in [0.15, 0.2) is 0 Å². The molecule has 0 fully saturated rings. The summed E-state index contributed by atoms with van der Waals surface area (Å²) in [5.74, 6) is 0. The van der Waals surface area contributed by atoms with Gasteiger partial charge in [0.1, 0.15) is 0 Å². The van der Waals surface area contributed by atoms with E-state index in [1.807, 2.05) is 0 Å². The second-order valence-corrected chi connectivity index (χ2v) is 4.98. The van der Waals surface area contributed by atoms with Crippen molar-refractivity contribution < 1.29 is 0 Å². The summed E-state index contributed by atoms with van der Waals surface area (Å²) in [7, 11) is 0. The van der Waals surface area contributed by atoms with E-state index in [1.165, 1.54) is 16.7 Å². The zero-order valence-corrected chi connectivity index (χ0v) is 12.1. The van der Waals surface area contributed by atoms with Crippen LogP contribution < -0.4 is 5.73 Å². The summed E-state index contributed by atoms with van der Waals surface area (Å²) in [6.07, 6.45) is 5.59. The molecule has 1 rings (SSSR count). The average Bonchev–Trinajstić information content (AvgIpc) is 2.43. The van der Waals surface area contributed by atoms with Gasteiger partial charge >= 0.3 is 0 Å². The first-order valence-electron chi connectivity index (χ1n) is 7.16. The Hall–Kier alpha value is -1.08. The van der Waals surface area contributed by atoms with E-state index >= 15 is 0 Å². The van der Waals surface area contributed by atoms with Gasteiger partial charge in [0.05, 0.1) is 0 Å². The molecule has 0 radical (unpaired) electrons. The van der Waals surface area contributed by atoms with Crippen molar-refractivity contribution in [1.82, 2.24) is 0 Å². The Kier molecular flexibility index (Phi) is 6.74. The maximum absolute atomic E-state index is 5.63. The van der Waals surface area contributed by atoms with E-state index in [2.05, 4.69) is 45.0 Å². The topological polar surface area (TPSA) is 26.0 Å². The van der Waals surface area contributed by atoms with Gasteiger partial charge in [-0.1, -0.05) is 49.3 Å². The van der Waals surface area contributed by atoms with Gasteiger partial charge in [-0.2, -0.15) is 0 Å². The number of hydrogen-bond donors (Lipinski definition) is 1. The summed E-state index contributed by atoms with van der Waals surface area (Å²) in [6.45, 7) is 7.47. The molecule has 1 aromatic carbocycles. The first kappa shape index (κ1) is 15.0. The highest BCUT2D eigenvalue weighted by Gasteiger charge is 2.03. The summed E-state index contributed by atoms with van der Waals surface area (Å²) in [6, 6.07) is 9.03. The van der Waals surface area contributed by atoms with Crippen molar-refractivity contribution in [2.75, 3.05) is 6.54 Å². The molecule has 0 saturated carbocycles. The van der Waals surface area contributed by atoms with Gasteiger partial charge < -0.3 is 5.73 Å². The number of hydrogen-bond acceptors (Lipinski definition) is 1. The molecule has 0 aliphatic rings. The van der Waals surface area contributed by atoms with Crippen LogP contribution in [0.15, 0.2) is 35.4 Å². The number of benzene rings is 1. The maximum Gasteiger partial charge on any atom is -0.00645 e. The highest BCUT2D eigenvalue weighted by Crippen LogP contribution is 2.19. The second-order valence-electron chi connectivity index (χ2n) is 4.98. The zero-order chi connectivity index (χ0) is 13.4. The zero-order valence-electron chi connectivity index (χ0n) is 12.1. The predicted molar refractivity (Wildman–Crippen MR) is 80.8 cm³/mol. The van der Waals surface area contributed by atoms with Crippen LogP contribution in [0.3, 0.4) is 0 Å². The largest absolute Gasteiger partial charge is 0.330 e. The van der Waals surface area contributed by atoms with Crippen molar-refractivity contribution in [3.05, 3.63) is 46.5 Å². The molecule has 0 unspecified atom stereocenters. The molecular weight excluding hydrogens is 218 g/mol. The lowest BCUT2D eigenvalue weighted by atomic mass is 9.95. The fourth-order valence-electron chi connectivity index (χ4n) is 2.16. The molecule has 0 heterocycles. The lowest BCUT2D eigenvalue weighted by molar-refractivity contribution is 0.786. The van der Waals surface area contributed by atoms with Crippen LogP contribution in [-0.4, -0.2) is 6.54 Å². The number of rotatable bonds is 7. The molecule has 100 valence electrons. The van der Waals surface area contributed by atoms with Crippen LogP contribution in [-0.2, 0) is 12.8 Å². The van der Waals surface area contributed by atoms with Crippen molar-refractivity contribution in [3.8, 4) is 0 Å². The number of nitrogens with two attached hydrogens (primary N) is 1. The van der Waals surface area contributed by atoms with Gasteiger partial charge in [0.2, 0.25) is 0 Å². The van der Waals surface area contributed by atoms with Crippen LogP contribution in [0.5, 0.6) is 0 Å². The molecule has 0 aromatic heterocycles. The lowest BCUT2D eigenvalue weighted by Crippen LogP contribution is -2.02. The van der Waals surface area contributed by atoms with E-state index in [4.69, 9.17) is 5.73 Å². The smallest absolute Gasteiger partial charge is 0.00645 e. The van der Waals surface area contributed by atoms with Crippen molar-refractivity contribution >= 4 is 0 Å². The van der Waals surface area contributed by atoms with Crippen molar-refractivity contribution in [2.45, 2.75) is 52.9 Å². The molecule has 2 N–H and O–H groups in total. The Balaban J connectivity index is 2.76. The number of allylic oxidation sites excluding steroid dienone is 2. The number of aryl methyl sites for hydroxylation is 1. The van der Waals surface area contributed by atoms with Gasteiger partial charge in [-0.25, -0.2) is 0 Å². The quantitative estimate of drug-likeness (QED) is 0.714. The Morgan fingerprint density at radius 3 is 2.17 bits per heavy atom. The minimum absolute atomic E-state index is 0.787. The van der Waals surface area contributed by atoms with Crippen molar-refractivity contribution in [1.29, 1.82) is 0 Å². The molecule has 0 amide bonds. The summed E-state index contributed by atoms with van der Waals surface area (Å²) >= 11 is 0. The maximum atomic E-state index is 5.63. The summed E-state index contributed by atoms with van der Waals surface area (Å²) in [4.78, 5) is 0. The van der Waals surface area contributed by atoms with Gasteiger partial charge in [-0.3, -0.25) is 0 Å². The molecule has 1 nitrogen and oxygen atoms in total. The molecule has 0 atom stereocenters. The lowest BCUT2D eigenvalue weighted by Gasteiger charge is -2.12. The van der Waals surface area contributed by atoms with Crippen LogP contribution >= 0.6 is 0 Å². The summed E-state index contributed by atoms with van der Waals surface area (Å²) in [5.41, 5.74) is 11.6. The Morgan fingerprint density at radius 2 is 1.67 bits per heavy atom. The van der Waals surface area contributed by atoms with Gasteiger partial charge in [-0.05, 0) is 56.7 Å². The van der Waals surface area contributed by atoms with Crippen molar-refractivity contribution in [3.63, 3.8) is 0 Å². The third-order valence-corrected chi connectivity index (χ3v) is 3.67. The van der Waals surface area contributed by atoms with E-state index in [1.54, 1.807) is 5.57 Å². The third-order valence-electron chi connectivity index (χ3n) is 3.67. The summed E-state index contributed by atoms with van der Waals surface area (Å²) < 4.78 is 0. The van der Waals surface area contributed by atoms with Crippen LogP contribution in [0.1, 0.15) is 51.2 Å². The predicted octanol–water partition coefficient (Wildman–Crippen LogP) is 4.26. The highest BCUT2D eigenvalue weighted by molar-refractivity contribution is 5.28. The normalized spacial score (nSPS) is 12.4. The first-order valence-corrected chi connectivity index (χ1v) is 7.16. The monoisotopic (exact) mass is 245 g/mol. The standard InChI is InChI=1S/C17H27N/c1-4-14(3)17(7-6-12-18)13-16-10-8-15(5-2)9-11-16/h8-11H,4-7,12-13,18H2,1-3H3/b17-14-. The van der Waals surface area contributed by atoms with E-state index in [0.29, 0.717) is 0 Å². The van der Waals surface area contributed by atoms with E-state index < -0.39 is 0 Å². The molecule has 0 aliphatic heterocycles. The van der Waals surface area contributed by atoms with Crippen LogP contribution in [0.25, 0.3) is 0 Å². The van der Waals surface area contributed by atoms with E-state index in [0.717, 1.165) is 38.6 Å². The van der Waals surface area contributed by atoms with Crippen LogP contribution in [0.2, 0.25) is 0 Å². The highest BCUT2D eigenvalue weighted by atomic mass is 14.5. The minimum atomic E-state index is 0.787. The van der Waals surface area contributed by atoms with Gasteiger partial charge in [-0.15, -0.1) is 0 Å².